The molecule has 0 aliphatic carbocycles. The lowest BCUT2D eigenvalue weighted by Gasteiger charge is -2.30. The van der Waals surface area contributed by atoms with Crippen LogP contribution in [0.25, 0.3) is 0 Å². The molecule has 0 spiro atoms. The van der Waals surface area contributed by atoms with Crippen LogP contribution in [0.2, 0.25) is 0 Å². The monoisotopic (exact) mass is 383 g/mol. The molecule has 0 bridgehead atoms. The number of hydrogen-bond donors (Lipinski definition) is 2. The van der Waals surface area contributed by atoms with Gasteiger partial charge >= 0.3 is 0 Å². The van der Waals surface area contributed by atoms with E-state index in [4.69, 9.17) is 15.2 Å². The number of nitrogens with one attached hydrogen (secondary N) is 1. The van der Waals surface area contributed by atoms with Crippen molar-refractivity contribution in [2.45, 2.75) is 58.2 Å². The normalized spacial score (nSPS) is 16.7. The number of carbonyl (C=O) groups is 3. The van der Waals surface area contributed by atoms with Crippen LogP contribution in [0.3, 0.4) is 0 Å². The summed E-state index contributed by atoms with van der Waals surface area (Å²) in [5.74, 6) is -0.989. The maximum atomic E-state index is 11.8. The minimum Gasteiger partial charge on any atom is -0.374 e. The first-order chi connectivity index (χ1) is 12.6. The molecule has 0 radical (unpaired) electrons. The standard InChI is InChI=1S/C19H33N3O5/c1-5-19(4,14-20)27-12-9-18(2,3)26-13-10-21-15(23)8-11-22-16(24)6-7-17(22)25/h6-7H,5,8-14,20H2,1-4H3,(H,21,23). The summed E-state index contributed by atoms with van der Waals surface area (Å²) in [4.78, 5) is 35.7. The van der Waals surface area contributed by atoms with Gasteiger partial charge in [-0.2, -0.15) is 0 Å². The number of ether oxygens (including phenoxy) is 2. The molecule has 1 aliphatic rings. The van der Waals surface area contributed by atoms with E-state index in [9.17, 15) is 14.4 Å². The maximum absolute atomic E-state index is 11.8. The molecule has 0 aromatic carbocycles. The number of carbonyl (C=O) groups excluding carboxylic acids is 3. The second-order valence-corrected chi connectivity index (χ2v) is 7.48. The molecule has 0 saturated carbocycles. The van der Waals surface area contributed by atoms with Crippen LogP contribution in [0.1, 0.15) is 47.0 Å². The third kappa shape index (κ3) is 8.19. The minimum absolute atomic E-state index is 0.0745. The molecule has 1 unspecified atom stereocenters. The van der Waals surface area contributed by atoms with Crippen molar-refractivity contribution in [2.24, 2.45) is 5.73 Å². The summed E-state index contributed by atoms with van der Waals surface area (Å²) in [6.45, 7) is 9.82. The molecule has 3 N–H and O–H groups in total. The van der Waals surface area contributed by atoms with Crippen molar-refractivity contribution in [3.8, 4) is 0 Å². The van der Waals surface area contributed by atoms with Gasteiger partial charge in [0, 0.05) is 38.2 Å². The van der Waals surface area contributed by atoms with E-state index in [-0.39, 0.29) is 41.9 Å². The Morgan fingerprint density at radius 3 is 2.33 bits per heavy atom. The van der Waals surface area contributed by atoms with E-state index < -0.39 is 0 Å². The molecule has 1 rings (SSSR count). The highest BCUT2D eigenvalue weighted by atomic mass is 16.5. The van der Waals surface area contributed by atoms with Gasteiger partial charge < -0.3 is 20.5 Å². The molecule has 8 nitrogen and oxygen atoms in total. The molecular formula is C19H33N3O5. The van der Waals surface area contributed by atoms with Crippen LogP contribution in [0.4, 0.5) is 0 Å². The fourth-order valence-corrected chi connectivity index (χ4v) is 2.39. The van der Waals surface area contributed by atoms with E-state index in [0.29, 0.717) is 32.7 Å². The molecule has 3 amide bonds. The van der Waals surface area contributed by atoms with Crippen molar-refractivity contribution in [1.82, 2.24) is 10.2 Å². The number of nitrogens with zero attached hydrogens (tertiary/aromatic N) is 1. The molecule has 1 heterocycles. The highest BCUT2D eigenvalue weighted by Crippen LogP contribution is 2.18. The Kier molecular flexibility index (Phi) is 9.08. The van der Waals surface area contributed by atoms with Crippen LogP contribution in [0, 0.1) is 0 Å². The zero-order valence-electron chi connectivity index (χ0n) is 16.9. The fourth-order valence-electron chi connectivity index (χ4n) is 2.39. The van der Waals surface area contributed by atoms with Crippen LogP contribution < -0.4 is 11.1 Å². The summed E-state index contributed by atoms with van der Waals surface area (Å²) in [6.07, 6.45) is 4.04. The van der Waals surface area contributed by atoms with Gasteiger partial charge in [0.1, 0.15) is 0 Å². The third-order valence-corrected chi connectivity index (χ3v) is 4.71. The van der Waals surface area contributed by atoms with Crippen LogP contribution >= 0.6 is 0 Å². The van der Waals surface area contributed by atoms with E-state index in [1.165, 1.54) is 12.2 Å². The lowest BCUT2D eigenvalue weighted by molar-refractivity contribution is -0.137. The second-order valence-electron chi connectivity index (χ2n) is 7.48. The zero-order chi connectivity index (χ0) is 20.5. The Balaban J connectivity index is 2.17. The highest BCUT2D eigenvalue weighted by Gasteiger charge is 2.25. The number of nitrogens with two attached hydrogens (primary N) is 1. The number of amides is 3. The minimum atomic E-state index is -0.381. The lowest BCUT2D eigenvalue weighted by Crippen LogP contribution is -2.39. The summed E-state index contributed by atoms with van der Waals surface area (Å²) < 4.78 is 11.7. The largest absolute Gasteiger partial charge is 0.374 e. The number of rotatable bonds is 13. The molecule has 1 atom stereocenters. The highest BCUT2D eigenvalue weighted by molar-refractivity contribution is 6.13. The first kappa shape index (κ1) is 23.3. The van der Waals surface area contributed by atoms with Gasteiger partial charge in [-0.25, -0.2) is 0 Å². The van der Waals surface area contributed by atoms with Gasteiger partial charge in [-0.05, 0) is 33.6 Å². The molecule has 1 aliphatic heterocycles. The van der Waals surface area contributed by atoms with E-state index in [1.807, 2.05) is 27.7 Å². The SMILES string of the molecule is CCC(C)(CN)OCCC(C)(C)OCCNC(=O)CCN1C(=O)C=CC1=O. The van der Waals surface area contributed by atoms with Gasteiger partial charge in [-0.3, -0.25) is 19.3 Å². The molecule has 0 aromatic rings. The molecule has 0 saturated heterocycles. The Labute approximate surface area is 161 Å². The Hall–Kier alpha value is -1.77. The Bertz CT molecular complexity index is 538. The third-order valence-electron chi connectivity index (χ3n) is 4.71. The van der Waals surface area contributed by atoms with E-state index >= 15 is 0 Å². The van der Waals surface area contributed by atoms with Gasteiger partial charge in [0.25, 0.3) is 11.8 Å². The molecule has 0 aromatic heterocycles. The first-order valence-corrected chi connectivity index (χ1v) is 9.41. The van der Waals surface area contributed by atoms with Gasteiger partial charge in [0.2, 0.25) is 5.91 Å². The lowest BCUT2D eigenvalue weighted by atomic mass is 10.0. The van der Waals surface area contributed by atoms with Crippen LogP contribution in [-0.2, 0) is 23.9 Å². The molecule has 154 valence electrons. The van der Waals surface area contributed by atoms with E-state index in [1.54, 1.807) is 0 Å². The van der Waals surface area contributed by atoms with Crippen LogP contribution in [0.5, 0.6) is 0 Å². The predicted octanol–water partition coefficient (Wildman–Crippen LogP) is 0.747. The molecule has 8 heteroatoms. The topological polar surface area (TPSA) is 111 Å². The summed E-state index contributed by atoms with van der Waals surface area (Å²) in [6, 6.07) is 0. The van der Waals surface area contributed by atoms with Crippen molar-refractivity contribution >= 4 is 17.7 Å². The summed E-state index contributed by atoms with van der Waals surface area (Å²) in [5.41, 5.74) is 5.04. The summed E-state index contributed by atoms with van der Waals surface area (Å²) in [5, 5.41) is 2.73. The average molecular weight is 383 g/mol. The fraction of sp³-hybridized carbons (Fsp3) is 0.737. The number of imide groups is 1. The van der Waals surface area contributed by atoms with Crippen molar-refractivity contribution in [3.63, 3.8) is 0 Å². The first-order valence-electron chi connectivity index (χ1n) is 9.41. The smallest absolute Gasteiger partial charge is 0.253 e. The van der Waals surface area contributed by atoms with Crippen molar-refractivity contribution in [1.29, 1.82) is 0 Å². The predicted molar refractivity (Wildman–Crippen MR) is 102 cm³/mol. The maximum Gasteiger partial charge on any atom is 0.253 e. The van der Waals surface area contributed by atoms with E-state index in [2.05, 4.69) is 5.32 Å². The zero-order valence-corrected chi connectivity index (χ0v) is 16.9. The van der Waals surface area contributed by atoms with Gasteiger partial charge in [-0.15, -0.1) is 0 Å². The van der Waals surface area contributed by atoms with Crippen molar-refractivity contribution in [2.75, 3.05) is 32.8 Å². The molecule has 0 fully saturated rings. The van der Waals surface area contributed by atoms with Gasteiger partial charge in [-0.1, -0.05) is 6.92 Å². The van der Waals surface area contributed by atoms with E-state index in [0.717, 1.165) is 11.3 Å². The number of hydrogen-bond acceptors (Lipinski definition) is 6. The summed E-state index contributed by atoms with van der Waals surface area (Å²) in [7, 11) is 0. The van der Waals surface area contributed by atoms with Gasteiger partial charge in [0.05, 0.1) is 24.4 Å². The Morgan fingerprint density at radius 1 is 1.15 bits per heavy atom. The van der Waals surface area contributed by atoms with Crippen molar-refractivity contribution in [3.05, 3.63) is 12.2 Å². The quantitative estimate of drug-likeness (QED) is 0.359. The Morgan fingerprint density at radius 2 is 1.78 bits per heavy atom. The molecular weight excluding hydrogens is 350 g/mol. The molecule has 27 heavy (non-hydrogen) atoms. The van der Waals surface area contributed by atoms with Gasteiger partial charge in [0.15, 0.2) is 0 Å². The van der Waals surface area contributed by atoms with Crippen LogP contribution in [-0.4, -0.2) is 66.7 Å². The summed E-state index contributed by atoms with van der Waals surface area (Å²) >= 11 is 0. The second kappa shape index (κ2) is 10.5. The average Bonchev–Trinajstić information content (AvgIpc) is 2.94. The van der Waals surface area contributed by atoms with Crippen molar-refractivity contribution < 1.29 is 23.9 Å². The van der Waals surface area contributed by atoms with Crippen LogP contribution in [0.15, 0.2) is 12.2 Å².